The minimum absolute atomic E-state index is 0.921. The number of hydrogen-bond acceptors (Lipinski definition) is 2. The first-order chi connectivity index (χ1) is 5.40. The molecule has 2 aromatic heterocycles. The van der Waals surface area contributed by atoms with E-state index in [0.717, 1.165) is 12.1 Å². The highest BCUT2D eigenvalue weighted by Crippen LogP contribution is 2.03. The van der Waals surface area contributed by atoms with Gasteiger partial charge in [0.25, 0.3) is 0 Å². The molecule has 0 aliphatic rings. The van der Waals surface area contributed by atoms with E-state index in [1.807, 2.05) is 16.7 Å². The van der Waals surface area contributed by atoms with Gasteiger partial charge in [-0.3, -0.25) is 4.40 Å². The molecule has 2 heterocycles. The van der Waals surface area contributed by atoms with Gasteiger partial charge in [-0.2, -0.15) is 0 Å². The molecular weight excluding hydrogens is 138 g/mol. The monoisotopic (exact) mass is 147 g/mol. The molecule has 0 saturated carbocycles. The Morgan fingerprint density at radius 3 is 3.27 bits per heavy atom. The van der Waals surface area contributed by atoms with Crippen molar-refractivity contribution >= 4 is 5.65 Å². The zero-order chi connectivity index (χ0) is 7.68. The van der Waals surface area contributed by atoms with Crippen molar-refractivity contribution in [3.8, 4) is 0 Å². The van der Waals surface area contributed by atoms with E-state index in [0.29, 0.717) is 0 Å². The van der Waals surface area contributed by atoms with E-state index in [-0.39, 0.29) is 0 Å². The molecule has 0 aromatic carbocycles. The fourth-order valence-corrected chi connectivity index (χ4v) is 1.08. The smallest absolute Gasteiger partial charge is 0.160 e. The van der Waals surface area contributed by atoms with E-state index in [1.165, 1.54) is 5.56 Å². The van der Waals surface area contributed by atoms with Crippen LogP contribution in [-0.2, 0) is 6.42 Å². The second kappa shape index (κ2) is 2.34. The molecule has 0 fully saturated rings. The van der Waals surface area contributed by atoms with E-state index in [9.17, 15) is 0 Å². The van der Waals surface area contributed by atoms with Crippen LogP contribution in [0.1, 0.15) is 12.5 Å². The van der Waals surface area contributed by atoms with Gasteiger partial charge in [0.05, 0.1) is 0 Å². The quantitative estimate of drug-likeness (QED) is 0.608. The summed E-state index contributed by atoms with van der Waals surface area (Å²) in [5.74, 6) is 0. The van der Waals surface area contributed by atoms with Gasteiger partial charge in [-0.25, -0.2) is 0 Å². The first-order valence-electron chi connectivity index (χ1n) is 3.68. The van der Waals surface area contributed by atoms with Gasteiger partial charge in [0, 0.05) is 6.20 Å². The van der Waals surface area contributed by atoms with Gasteiger partial charge in [0.2, 0.25) is 0 Å². The summed E-state index contributed by atoms with van der Waals surface area (Å²) in [6.07, 6.45) is 4.73. The van der Waals surface area contributed by atoms with Crippen molar-refractivity contribution in [2.24, 2.45) is 0 Å². The average Bonchev–Trinajstić information content (AvgIpc) is 2.50. The van der Waals surface area contributed by atoms with Crippen LogP contribution in [0.25, 0.3) is 5.65 Å². The van der Waals surface area contributed by atoms with Crippen LogP contribution in [0.15, 0.2) is 24.7 Å². The van der Waals surface area contributed by atoms with E-state index in [1.54, 1.807) is 6.33 Å². The minimum atomic E-state index is 0.921. The minimum Gasteiger partial charge on any atom is -0.289 e. The van der Waals surface area contributed by atoms with Crippen molar-refractivity contribution in [2.75, 3.05) is 0 Å². The van der Waals surface area contributed by atoms with E-state index in [2.05, 4.69) is 23.2 Å². The third-order valence-corrected chi connectivity index (χ3v) is 1.77. The highest BCUT2D eigenvalue weighted by molar-refractivity contribution is 5.39. The van der Waals surface area contributed by atoms with Crippen molar-refractivity contribution in [2.45, 2.75) is 13.3 Å². The van der Waals surface area contributed by atoms with Crippen LogP contribution in [0.4, 0.5) is 0 Å². The van der Waals surface area contributed by atoms with Gasteiger partial charge >= 0.3 is 0 Å². The lowest BCUT2D eigenvalue weighted by Crippen LogP contribution is -1.85. The normalized spacial score (nSPS) is 10.6. The summed E-state index contributed by atoms with van der Waals surface area (Å²) in [6, 6.07) is 4.13. The van der Waals surface area contributed by atoms with Crippen molar-refractivity contribution < 1.29 is 0 Å². The SMILES string of the molecule is CCc1ccn2cnnc2c1. The van der Waals surface area contributed by atoms with Crippen molar-refractivity contribution in [1.29, 1.82) is 0 Å². The molecule has 0 N–H and O–H groups in total. The Bertz CT molecular complexity index is 364. The summed E-state index contributed by atoms with van der Waals surface area (Å²) >= 11 is 0. The molecule has 0 aliphatic heterocycles. The standard InChI is InChI=1S/C8H9N3/c1-2-7-3-4-11-6-9-10-8(11)5-7/h3-6H,2H2,1H3. The predicted molar refractivity (Wildman–Crippen MR) is 42.4 cm³/mol. The summed E-state index contributed by atoms with van der Waals surface area (Å²) in [5.41, 5.74) is 2.22. The van der Waals surface area contributed by atoms with Gasteiger partial charge in [-0.05, 0) is 24.1 Å². The summed E-state index contributed by atoms with van der Waals surface area (Å²) in [6.45, 7) is 2.13. The Labute approximate surface area is 64.7 Å². The van der Waals surface area contributed by atoms with Gasteiger partial charge in [0.1, 0.15) is 6.33 Å². The highest BCUT2D eigenvalue weighted by atomic mass is 15.2. The Morgan fingerprint density at radius 2 is 2.45 bits per heavy atom. The molecule has 0 saturated heterocycles. The van der Waals surface area contributed by atoms with Crippen LogP contribution in [-0.4, -0.2) is 14.6 Å². The summed E-state index contributed by atoms with van der Waals surface area (Å²) in [5, 5.41) is 7.73. The largest absolute Gasteiger partial charge is 0.289 e. The second-order valence-corrected chi connectivity index (χ2v) is 2.48. The van der Waals surface area contributed by atoms with Crippen molar-refractivity contribution in [1.82, 2.24) is 14.6 Å². The topological polar surface area (TPSA) is 30.2 Å². The molecule has 2 aromatic rings. The average molecular weight is 147 g/mol. The Kier molecular flexibility index (Phi) is 1.35. The predicted octanol–water partition coefficient (Wildman–Crippen LogP) is 1.29. The van der Waals surface area contributed by atoms with Crippen LogP contribution in [0.2, 0.25) is 0 Å². The maximum absolute atomic E-state index is 3.94. The number of nitrogens with zero attached hydrogens (tertiary/aromatic N) is 3. The molecule has 0 unspecified atom stereocenters. The highest BCUT2D eigenvalue weighted by Gasteiger charge is 1.94. The summed E-state index contributed by atoms with van der Waals surface area (Å²) in [4.78, 5) is 0. The molecule has 0 spiro atoms. The van der Waals surface area contributed by atoms with Crippen molar-refractivity contribution in [3.63, 3.8) is 0 Å². The first kappa shape index (κ1) is 6.34. The number of hydrogen-bond donors (Lipinski definition) is 0. The first-order valence-corrected chi connectivity index (χ1v) is 3.68. The molecule has 0 amide bonds. The maximum Gasteiger partial charge on any atom is 0.160 e. The Hall–Kier alpha value is -1.38. The molecule has 11 heavy (non-hydrogen) atoms. The number of fused-ring (bicyclic) bond motifs is 1. The fourth-order valence-electron chi connectivity index (χ4n) is 1.08. The zero-order valence-corrected chi connectivity index (χ0v) is 6.36. The van der Waals surface area contributed by atoms with Gasteiger partial charge in [0.15, 0.2) is 5.65 Å². The van der Waals surface area contributed by atoms with Gasteiger partial charge in [-0.15, -0.1) is 10.2 Å². The number of rotatable bonds is 1. The van der Waals surface area contributed by atoms with Gasteiger partial charge < -0.3 is 0 Å². The van der Waals surface area contributed by atoms with Crippen LogP contribution in [0.3, 0.4) is 0 Å². The van der Waals surface area contributed by atoms with E-state index < -0.39 is 0 Å². The Morgan fingerprint density at radius 1 is 1.55 bits per heavy atom. The van der Waals surface area contributed by atoms with E-state index in [4.69, 9.17) is 0 Å². The van der Waals surface area contributed by atoms with Gasteiger partial charge in [-0.1, -0.05) is 6.92 Å². The molecule has 56 valence electrons. The molecule has 2 rings (SSSR count). The lowest BCUT2D eigenvalue weighted by molar-refractivity contribution is 1.09. The molecule has 0 radical (unpaired) electrons. The molecule has 3 heteroatoms. The lowest BCUT2D eigenvalue weighted by Gasteiger charge is -1.95. The number of pyridine rings is 1. The molecule has 3 nitrogen and oxygen atoms in total. The third kappa shape index (κ3) is 0.981. The summed E-state index contributed by atoms with van der Waals surface area (Å²) in [7, 11) is 0. The molecule has 0 atom stereocenters. The molecule has 0 aliphatic carbocycles. The van der Waals surface area contributed by atoms with Crippen LogP contribution in [0.5, 0.6) is 0 Å². The third-order valence-electron chi connectivity index (χ3n) is 1.77. The lowest BCUT2D eigenvalue weighted by atomic mass is 10.2. The van der Waals surface area contributed by atoms with Crippen LogP contribution >= 0.6 is 0 Å². The molecular formula is C8H9N3. The Balaban J connectivity index is 2.67. The summed E-state index contributed by atoms with van der Waals surface area (Å²) < 4.78 is 1.90. The van der Waals surface area contributed by atoms with Crippen LogP contribution in [0, 0.1) is 0 Å². The van der Waals surface area contributed by atoms with E-state index >= 15 is 0 Å². The maximum atomic E-state index is 3.94. The fraction of sp³-hybridized carbons (Fsp3) is 0.250. The van der Waals surface area contributed by atoms with Crippen molar-refractivity contribution in [3.05, 3.63) is 30.2 Å². The molecule has 0 bridgehead atoms. The number of aryl methyl sites for hydroxylation is 1. The number of aromatic nitrogens is 3. The zero-order valence-electron chi connectivity index (χ0n) is 6.36. The second-order valence-electron chi connectivity index (χ2n) is 2.48. The van der Waals surface area contributed by atoms with Crippen LogP contribution < -0.4 is 0 Å².